The zero-order valence-electron chi connectivity index (χ0n) is 16.3. The van der Waals surface area contributed by atoms with E-state index in [0.29, 0.717) is 18.7 Å². The second kappa shape index (κ2) is 7.81. The summed E-state index contributed by atoms with van der Waals surface area (Å²) in [5.74, 6) is 0.978. The van der Waals surface area contributed by atoms with Crippen LogP contribution in [-0.4, -0.2) is 56.7 Å². The average molecular weight is 483 g/mol. The minimum absolute atomic E-state index is 0.0267. The Bertz CT molecular complexity index is 1210. The first kappa shape index (κ1) is 19.2. The first-order valence-electron chi connectivity index (χ1n) is 9.65. The molecular weight excluding hydrogens is 464 g/mol. The third kappa shape index (κ3) is 3.37. The third-order valence-corrected chi connectivity index (χ3v) is 6.77. The Labute approximate surface area is 186 Å². The molecule has 1 aliphatic heterocycles. The molecule has 7 nitrogen and oxygen atoms in total. The standard InChI is InChI=1S/C21H19BrN6OS/c1-14-18(12-25-28(14)16-4-2-15(22)3-5-16)21(29)27-9-7-26(8-10-27)19-17-6-11-30-20(17)24-13-23-19/h2-6,11-13H,7-10H2,1H3. The maximum atomic E-state index is 13.2. The van der Waals surface area contributed by atoms with Crippen LogP contribution in [0.4, 0.5) is 5.82 Å². The van der Waals surface area contributed by atoms with Gasteiger partial charge in [0.05, 0.1) is 28.5 Å². The molecule has 9 heteroatoms. The summed E-state index contributed by atoms with van der Waals surface area (Å²) in [4.78, 5) is 27.1. The summed E-state index contributed by atoms with van der Waals surface area (Å²) in [5.41, 5.74) is 2.43. The zero-order valence-corrected chi connectivity index (χ0v) is 18.7. The van der Waals surface area contributed by atoms with Crippen LogP contribution in [0.5, 0.6) is 0 Å². The van der Waals surface area contributed by atoms with E-state index in [1.807, 2.05) is 46.2 Å². The number of rotatable bonds is 3. The Morgan fingerprint density at radius 1 is 1.07 bits per heavy atom. The molecule has 1 amide bonds. The van der Waals surface area contributed by atoms with E-state index in [0.717, 1.165) is 45.0 Å². The van der Waals surface area contributed by atoms with Crippen LogP contribution < -0.4 is 4.90 Å². The molecule has 1 fully saturated rings. The number of nitrogens with zero attached hydrogens (tertiary/aromatic N) is 6. The van der Waals surface area contributed by atoms with Crippen molar-refractivity contribution in [2.45, 2.75) is 6.92 Å². The van der Waals surface area contributed by atoms with Gasteiger partial charge in [-0.1, -0.05) is 15.9 Å². The van der Waals surface area contributed by atoms with Crippen LogP contribution in [0.15, 0.2) is 52.7 Å². The van der Waals surface area contributed by atoms with Crippen LogP contribution in [0.1, 0.15) is 16.1 Å². The summed E-state index contributed by atoms with van der Waals surface area (Å²) in [6.45, 7) is 4.72. The molecule has 30 heavy (non-hydrogen) atoms. The second-order valence-corrected chi connectivity index (χ2v) is 8.96. The van der Waals surface area contributed by atoms with Crippen molar-refractivity contribution < 1.29 is 4.79 Å². The lowest BCUT2D eigenvalue weighted by atomic mass is 10.2. The molecule has 5 rings (SSSR count). The van der Waals surface area contributed by atoms with Crippen LogP contribution in [0.25, 0.3) is 15.9 Å². The van der Waals surface area contributed by atoms with Gasteiger partial charge >= 0.3 is 0 Å². The number of amides is 1. The maximum Gasteiger partial charge on any atom is 0.257 e. The second-order valence-electron chi connectivity index (χ2n) is 7.15. The molecule has 0 bridgehead atoms. The molecular formula is C21H19BrN6OS. The Morgan fingerprint density at radius 2 is 1.83 bits per heavy atom. The number of carbonyl (C=O) groups is 1. The Morgan fingerprint density at radius 3 is 2.60 bits per heavy atom. The highest BCUT2D eigenvalue weighted by molar-refractivity contribution is 9.10. The number of fused-ring (bicyclic) bond motifs is 1. The summed E-state index contributed by atoms with van der Waals surface area (Å²) in [6.07, 6.45) is 3.29. The van der Waals surface area contributed by atoms with Crippen molar-refractivity contribution in [1.82, 2.24) is 24.6 Å². The lowest BCUT2D eigenvalue weighted by Crippen LogP contribution is -2.49. The number of benzene rings is 1. The van der Waals surface area contributed by atoms with Crippen molar-refractivity contribution in [3.8, 4) is 5.69 Å². The monoisotopic (exact) mass is 482 g/mol. The highest BCUT2D eigenvalue weighted by atomic mass is 79.9. The third-order valence-electron chi connectivity index (χ3n) is 5.42. The molecule has 1 saturated heterocycles. The van der Waals surface area contributed by atoms with Crippen molar-refractivity contribution in [2.75, 3.05) is 31.1 Å². The molecule has 0 unspecified atom stereocenters. The first-order chi connectivity index (χ1) is 14.6. The van der Waals surface area contributed by atoms with Gasteiger partial charge in [-0.3, -0.25) is 4.79 Å². The summed E-state index contributed by atoms with van der Waals surface area (Å²) in [6, 6.07) is 9.95. The molecule has 0 aliphatic carbocycles. The van der Waals surface area contributed by atoms with Crippen LogP contribution in [0.3, 0.4) is 0 Å². The van der Waals surface area contributed by atoms with E-state index in [9.17, 15) is 4.79 Å². The normalized spacial score (nSPS) is 14.5. The molecule has 4 aromatic rings. The average Bonchev–Trinajstić information content (AvgIpc) is 3.40. The van der Waals surface area contributed by atoms with Crippen LogP contribution in [0, 0.1) is 6.92 Å². The van der Waals surface area contributed by atoms with E-state index in [1.54, 1.807) is 23.9 Å². The minimum atomic E-state index is 0.0267. The van der Waals surface area contributed by atoms with Crippen LogP contribution >= 0.6 is 27.3 Å². The largest absolute Gasteiger partial charge is 0.352 e. The van der Waals surface area contributed by atoms with Gasteiger partial charge in [0, 0.05) is 30.7 Å². The van der Waals surface area contributed by atoms with Gasteiger partial charge in [-0.2, -0.15) is 5.10 Å². The molecule has 4 heterocycles. The fourth-order valence-corrected chi connectivity index (χ4v) is 4.77. The predicted octanol–water partition coefficient (Wildman–Crippen LogP) is 3.91. The fourth-order valence-electron chi connectivity index (χ4n) is 3.78. The van der Waals surface area contributed by atoms with E-state index in [1.165, 1.54) is 0 Å². The number of aromatic nitrogens is 4. The number of hydrogen-bond donors (Lipinski definition) is 0. The summed E-state index contributed by atoms with van der Waals surface area (Å²) in [7, 11) is 0. The van der Waals surface area contributed by atoms with Gasteiger partial charge in [-0.25, -0.2) is 14.6 Å². The van der Waals surface area contributed by atoms with Gasteiger partial charge < -0.3 is 9.80 Å². The van der Waals surface area contributed by atoms with Crippen molar-refractivity contribution in [3.05, 3.63) is 64.0 Å². The quantitative estimate of drug-likeness (QED) is 0.442. The molecule has 1 aromatic carbocycles. The molecule has 1 aliphatic rings. The Hall–Kier alpha value is -2.78. The van der Waals surface area contributed by atoms with Crippen LogP contribution in [-0.2, 0) is 0 Å². The maximum absolute atomic E-state index is 13.2. The number of anilines is 1. The number of piperazine rings is 1. The minimum Gasteiger partial charge on any atom is -0.352 e. The van der Waals surface area contributed by atoms with E-state index < -0.39 is 0 Å². The van der Waals surface area contributed by atoms with E-state index in [2.05, 4.69) is 42.0 Å². The lowest BCUT2D eigenvalue weighted by Gasteiger charge is -2.35. The topological polar surface area (TPSA) is 67.2 Å². The molecule has 0 atom stereocenters. The summed E-state index contributed by atoms with van der Waals surface area (Å²) >= 11 is 5.06. The van der Waals surface area contributed by atoms with Gasteiger partial charge in [0.1, 0.15) is 17.0 Å². The van der Waals surface area contributed by atoms with Gasteiger partial charge in [0.25, 0.3) is 5.91 Å². The summed E-state index contributed by atoms with van der Waals surface area (Å²) < 4.78 is 2.82. The van der Waals surface area contributed by atoms with Crippen LogP contribution in [0.2, 0.25) is 0 Å². The van der Waals surface area contributed by atoms with Gasteiger partial charge in [-0.15, -0.1) is 11.3 Å². The van der Waals surface area contributed by atoms with Gasteiger partial charge in [-0.05, 0) is 42.6 Å². The molecule has 0 saturated carbocycles. The van der Waals surface area contributed by atoms with Crippen molar-refractivity contribution in [3.63, 3.8) is 0 Å². The smallest absolute Gasteiger partial charge is 0.257 e. The first-order valence-corrected chi connectivity index (χ1v) is 11.3. The predicted molar refractivity (Wildman–Crippen MR) is 122 cm³/mol. The molecule has 0 N–H and O–H groups in total. The van der Waals surface area contributed by atoms with E-state index >= 15 is 0 Å². The van der Waals surface area contributed by atoms with Crippen molar-refractivity contribution in [1.29, 1.82) is 0 Å². The lowest BCUT2D eigenvalue weighted by molar-refractivity contribution is 0.0746. The summed E-state index contributed by atoms with van der Waals surface area (Å²) in [5, 5.41) is 7.56. The highest BCUT2D eigenvalue weighted by Gasteiger charge is 2.26. The number of thiophene rings is 1. The molecule has 152 valence electrons. The number of halogens is 1. The molecule has 0 radical (unpaired) electrons. The van der Waals surface area contributed by atoms with Gasteiger partial charge in [0.15, 0.2) is 0 Å². The fraction of sp³-hybridized carbons (Fsp3) is 0.238. The Balaban J connectivity index is 1.32. The van der Waals surface area contributed by atoms with E-state index in [-0.39, 0.29) is 5.91 Å². The Kier molecular flexibility index (Phi) is 5.00. The number of carbonyl (C=O) groups excluding carboxylic acids is 1. The van der Waals surface area contributed by atoms with Gasteiger partial charge in [0.2, 0.25) is 0 Å². The zero-order chi connectivity index (χ0) is 20.7. The highest BCUT2D eigenvalue weighted by Crippen LogP contribution is 2.27. The van der Waals surface area contributed by atoms with Crippen molar-refractivity contribution in [2.24, 2.45) is 0 Å². The SMILES string of the molecule is Cc1c(C(=O)N2CCN(c3ncnc4sccc34)CC2)cnn1-c1ccc(Br)cc1. The van der Waals surface area contributed by atoms with Crippen molar-refractivity contribution >= 4 is 49.2 Å². The molecule has 3 aromatic heterocycles. The van der Waals surface area contributed by atoms with E-state index in [4.69, 9.17) is 0 Å². The number of hydrogen-bond acceptors (Lipinski definition) is 6. The molecule has 0 spiro atoms.